The zero-order valence-corrected chi connectivity index (χ0v) is 11.9. The highest BCUT2D eigenvalue weighted by atomic mass is 16.5. The molecule has 104 valence electrons. The Kier molecular flexibility index (Phi) is 4.77. The molecule has 0 saturated heterocycles. The van der Waals surface area contributed by atoms with Gasteiger partial charge in [-0.3, -0.25) is 4.79 Å². The molecular formula is C17H19NO2. The SMILES string of the molecule is COc1ccc(N(C)C(=O)CCc2ccccc2)cc1. The van der Waals surface area contributed by atoms with E-state index in [1.54, 1.807) is 19.1 Å². The Balaban J connectivity index is 1.94. The molecule has 0 radical (unpaired) electrons. The van der Waals surface area contributed by atoms with Crippen LogP contribution < -0.4 is 9.64 Å². The first kappa shape index (κ1) is 14.1. The number of methoxy groups -OCH3 is 1. The van der Waals surface area contributed by atoms with Crippen LogP contribution in [0.4, 0.5) is 5.69 Å². The molecule has 3 heteroatoms. The van der Waals surface area contributed by atoms with Crippen LogP contribution in [-0.4, -0.2) is 20.1 Å². The normalized spacial score (nSPS) is 10.1. The van der Waals surface area contributed by atoms with Gasteiger partial charge in [-0.1, -0.05) is 30.3 Å². The lowest BCUT2D eigenvalue weighted by atomic mass is 10.1. The molecule has 0 unspecified atom stereocenters. The van der Waals surface area contributed by atoms with Gasteiger partial charge < -0.3 is 9.64 Å². The maximum absolute atomic E-state index is 12.2. The Morgan fingerprint density at radius 1 is 1.05 bits per heavy atom. The van der Waals surface area contributed by atoms with E-state index in [0.29, 0.717) is 6.42 Å². The second kappa shape index (κ2) is 6.75. The van der Waals surface area contributed by atoms with Crippen molar-refractivity contribution in [3.05, 3.63) is 60.2 Å². The van der Waals surface area contributed by atoms with Gasteiger partial charge in [0, 0.05) is 19.2 Å². The van der Waals surface area contributed by atoms with E-state index in [4.69, 9.17) is 4.74 Å². The molecule has 0 heterocycles. The first-order valence-electron chi connectivity index (χ1n) is 6.65. The number of hydrogen-bond donors (Lipinski definition) is 0. The van der Waals surface area contributed by atoms with Crippen LogP contribution in [0.2, 0.25) is 0 Å². The second-order valence-electron chi connectivity index (χ2n) is 4.64. The molecule has 2 aromatic carbocycles. The summed E-state index contributed by atoms with van der Waals surface area (Å²) < 4.78 is 5.11. The standard InChI is InChI=1S/C17H19NO2/c1-18(15-9-11-16(20-2)12-10-15)17(19)13-8-14-6-4-3-5-7-14/h3-7,9-12H,8,13H2,1-2H3. The minimum absolute atomic E-state index is 0.110. The van der Waals surface area contributed by atoms with Gasteiger partial charge in [-0.2, -0.15) is 0 Å². The molecule has 0 spiro atoms. The lowest BCUT2D eigenvalue weighted by Gasteiger charge is -2.17. The Morgan fingerprint density at radius 2 is 1.70 bits per heavy atom. The van der Waals surface area contributed by atoms with E-state index in [9.17, 15) is 4.79 Å². The number of nitrogens with zero attached hydrogens (tertiary/aromatic N) is 1. The van der Waals surface area contributed by atoms with E-state index in [1.165, 1.54) is 5.56 Å². The average molecular weight is 269 g/mol. The van der Waals surface area contributed by atoms with E-state index >= 15 is 0 Å². The fourth-order valence-corrected chi connectivity index (χ4v) is 2.01. The van der Waals surface area contributed by atoms with Crippen molar-refractivity contribution in [2.45, 2.75) is 12.8 Å². The van der Waals surface area contributed by atoms with Gasteiger partial charge in [0.25, 0.3) is 0 Å². The quantitative estimate of drug-likeness (QED) is 0.833. The molecule has 0 fully saturated rings. The van der Waals surface area contributed by atoms with E-state index in [0.717, 1.165) is 17.9 Å². The summed E-state index contributed by atoms with van der Waals surface area (Å²) in [7, 11) is 3.43. The Labute approximate surface area is 119 Å². The molecule has 0 aliphatic carbocycles. The topological polar surface area (TPSA) is 29.5 Å². The molecular weight excluding hydrogens is 250 g/mol. The third kappa shape index (κ3) is 3.60. The number of benzene rings is 2. The Morgan fingerprint density at radius 3 is 2.30 bits per heavy atom. The van der Waals surface area contributed by atoms with Crippen molar-refractivity contribution in [3.63, 3.8) is 0 Å². The molecule has 0 saturated carbocycles. The van der Waals surface area contributed by atoms with Crippen LogP contribution in [0, 0.1) is 0 Å². The van der Waals surface area contributed by atoms with Crippen molar-refractivity contribution < 1.29 is 9.53 Å². The molecule has 0 aliphatic heterocycles. The smallest absolute Gasteiger partial charge is 0.227 e. The number of carbonyl (C=O) groups is 1. The average Bonchev–Trinajstić information content (AvgIpc) is 2.53. The fraction of sp³-hybridized carbons (Fsp3) is 0.235. The van der Waals surface area contributed by atoms with Gasteiger partial charge in [-0.15, -0.1) is 0 Å². The van der Waals surface area contributed by atoms with Gasteiger partial charge in [-0.25, -0.2) is 0 Å². The molecule has 0 aromatic heterocycles. The summed E-state index contributed by atoms with van der Waals surface area (Å²) in [6.07, 6.45) is 1.27. The molecule has 0 bridgehead atoms. The third-order valence-corrected chi connectivity index (χ3v) is 3.30. The summed E-state index contributed by atoms with van der Waals surface area (Å²) in [4.78, 5) is 13.8. The third-order valence-electron chi connectivity index (χ3n) is 3.30. The molecule has 0 N–H and O–H groups in total. The number of anilines is 1. The lowest BCUT2D eigenvalue weighted by molar-refractivity contribution is -0.118. The van der Waals surface area contributed by atoms with Crippen LogP contribution in [-0.2, 0) is 11.2 Å². The van der Waals surface area contributed by atoms with Crippen LogP contribution in [0.15, 0.2) is 54.6 Å². The van der Waals surface area contributed by atoms with Crippen LogP contribution in [0.1, 0.15) is 12.0 Å². The van der Waals surface area contributed by atoms with Crippen molar-refractivity contribution in [3.8, 4) is 5.75 Å². The van der Waals surface area contributed by atoms with Crippen molar-refractivity contribution in [1.82, 2.24) is 0 Å². The van der Waals surface area contributed by atoms with Crippen molar-refractivity contribution in [2.75, 3.05) is 19.1 Å². The van der Waals surface area contributed by atoms with Gasteiger partial charge in [0.05, 0.1) is 7.11 Å². The molecule has 2 aromatic rings. The van der Waals surface area contributed by atoms with Crippen LogP contribution in [0.3, 0.4) is 0 Å². The zero-order valence-electron chi connectivity index (χ0n) is 11.9. The maximum atomic E-state index is 12.2. The molecule has 0 aliphatic rings. The Hall–Kier alpha value is -2.29. The summed E-state index contributed by atoms with van der Waals surface area (Å²) >= 11 is 0. The number of rotatable bonds is 5. The van der Waals surface area contributed by atoms with Crippen LogP contribution >= 0.6 is 0 Å². The summed E-state index contributed by atoms with van der Waals surface area (Å²) in [6.45, 7) is 0. The van der Waals surface area contributed by atoms with Gasteiger partial charge in [-0.05, 0) is 36.2 Å². The molecule has 1 amide bonds. The van der Waals surface area contributed by atoms with Crippen molar-refractivity contribution >= 4 is 11.6 Å². The minimum atomic E-state index is 0.110. The lowest BCUT2D eigenvalue weighted by Crippen LogP contribution is -2.26. The highest BCUT2D eigenvalue weighted by Crippen LogP contribution is 2.19. The van der Waals surface area contributed by atoms with Gasteiger partial charge in [0.2, 0.25) is 5.91 Å². The van der Waals surface area contributed by atoms with Crippen LogP contribution in [0.25, 0.3) is 0 Å². The minimum Gasteiger partial charge on any atom is -0.497 e. The van der Waals surface area contributed by atoms with E-state index in [1.807, 2.05) is 54.6 Å². The Bertz CT molecular complexity index is 549. The first-order valence-corrected chi connectivity index (χ1v) is 6.65. The molecule has 20 heavy (non-hydrogen) atoms. The van der Waals surface area contributed by atoms with Crippen molar-refractivity contribution in [2.24, 2.45) is 0 Å². The van der Waals surface area contributed by atoms with E-state index in [-0.39, 0.29) is 5.91 Å². The van der Waals surface area contributed by atoms with E-state index < -0.39 is 0 Å². The molecule has 3 nitrogen and oxygen atoms in total. The highest BCUT2D eigenvalue weighted by molar-refractivity contribution is 5.92. The predicted octanol–water partition coefficient (Wildman–Crippen LogP) is 3.29. The summed E-state index contributed by atoms with van der Waals surface area (Å²) in [5.41, 5.74) is 2.06. The number of hydrogen-bond acceptors (Lipinski definition) is 2. The van der Waals surface area contributed by atoms with Gasteiger partial charge in [0.15, 0.2) is 0 Å². The largest absolute Gasteiger partial charge is 0.497 e. The summed E-state index contributed by atoms with van der Waals surface area (Å²) in [5, 5.41) is 0. The summed E-state index contributed by atoms with van der Waals surface area (Å²) in [5.74, 6) is 0.901. The summed E-state index contributed by atoms with van der Waals surface area (Å²) in [6, 6.07) is 17.5. The second-order valence-corrected chi connectivity index (χ2v) is 4.64. The number of carbonyl (C=O) groups excluding carboxylic acids is 1. The molecule has 0 atom stereocenters. The van der Waals surface area contributed by atoms with Crippen LogP contribution in [0.5, 0.6) is 5.75 Å². The number of amides is 1. The number of aryl methyl sites for hydroxylation is 1. The predicted molar refractivity (Wildman–Crippen MR) is 81.2 cm³/mol. The van der Waals surface area contributed by atoms with Gasteiger partial charge >= 0.3 is 0 Å². The number of ether oxygens (including phenoxy) is 1. The fourth-order valence-electron chi connectivity index (χ4n) is 2.01. The van der Waals surface area contributed by atoms with Crippen molar-refractivity contribution in [1.29, 1.82) is 0 Å². The highest BCUT2D eigenvalue weighted by Gasteiger charge is 2.10. The molecule has 2 rings (SSSR count). The maximum Gasteiger partial charge on any atom is 0.227 e. The monoisotopic (exact) mass is 269 g/mol. The zero-order chi connectivity index (χ0) is 14.4. The van der Waals surface area contributed by atoms with E-state index in [2.05, 4.69) is 0 Å². The van der Waals surface area contributed by atoms with Gasteiger partial charge in [0.1, 0.15) is 5.75 Å². The first-order chi connectivity index (χ1) is 9.70.